The Balaban J connectivity index is 2.17. The molecule has 2 rings (SSSR count). The summed E-state index contributed by atoms with van der Waals surface area (Å²) in [4.78, 5) is 12.0. The maximum absolute atomic E-state index is 12.0. The molecule has 3 N–H and O–H groups in total. The van der Waals surface area contributed by atoms with Crippen molar-refractivity contribution in [3.05, 3.63) is 53.6 Å². The molecule has 98 valence electrons. The minimum absolute atomic E-state index is 0.183. The lowest BCUT2D eigenvalue weighted by atomic mass is 10.1. The molecule has 0 bridgehead atoms. The van der Waals surface area contributed by atoms with E-state index < -0.39 is 0 Å². The van der Waals surface area contributed by atoms with Gasteiger partial charge in [0.25, 0.3) is 5.91 Å². The van der Waals surface area contributed by atoms with Gasteiger partial charge in [0.2, 0.25) is 0 Å². The van der Waals surface area contributed by atoms with Crippen molar-refractivity contribution < 1.29 is 9.53 Å². The maximum Gasteiger partial charge on any atom is 0.255 e. The smallest absolute Gasteiger partial charge is 0.255 e. The molecule has 0 aromatic heterocycles. The topological polar surface area (TPSA) is 64.3 Å². The highest BCUT2D eigenvalue weighted by Gasteiger charge is 2.07. The van der Waals surface area contributed by atoms with Crippen LogP contribution in [0.25, 0.3) is 0 Å². The number of nitrogen functional groups attached to an aromatic ring is 1. The number of carbonyl (C=O) groups excluding carboxylic acids is 1. The van der Waals surface area contributed by atoms with E-state index in [1.807, 2.05) is 19.1 Å². The molecule has 0 spiro atoms. The number of benzene rings is 2. The van der Waals surface area contributed by atoms with Crippen LogP contribution >= 0.6 is 0 Å². The standard InChI is InChI=1S/C15H16N2O2/c1-10-8-13(6-7-14(10)19-2)17-15(18)11-4-3-5-12(16)9-11/h3-9H,16H2,1-2H3,(H,17,18). The summed E-state index contributed by atoms with van der Waals surface area (Å²) in [5.74, 6) is 0.610. The van der Waals surface area contributed by atoms with E-state index in [4.69, 9.17) is 10.5 Å². The van der Waals surface area contributed by atoms with E-state index in [9.17, 15) is 4.79 Å². The van der Waals surface area contributed by atoms with Crippen LogP contribution in [0.4, 0.5) is 11.4 Å². The van der Waals surface area contributed by atoms with Gasteiger partial charge in [-0.2, -0.15) is 0 Å². The van der Waals surface area contributed by atoms with E-state index in [-0.39, 0.29) is 5.91 Å². The first-order chi connectivity index (χ1) is 9.10. The van der Waals surface area contributed by atoms with Gasteiger partial charge in [-0.1, -0.05) is 6.07 Å². The van der Waals surface area contributed by atoms with Gasteiger partial charge in [-0.05, 0) is 48.9 Å². The molecule has 0 fully saturated rings. The van der Waals surface area contributed by atoms with Gasteiger partial charge in [0.15, 0.2) is 0 Å². The van der Waals surface area contributed by atoms with E-state index in [1.54, 1.807) is 37.4 Å². The number of methoxy groups -OCH3 is 1. The number of hydrogen-bond acceptors (Lipinski definition) is 3. The summed E-state index contributed by atoms with van der Waals surface area (Å²) in [6.07, 6.45) is 0. The Morgan fingerprint density at radius 1 is 1.21 bits per heavy atom. The summed E-state index contributed by atoms with van der Waals surface area (Å²) in [6, 6.07) is 12.4. The summed E-state index contributed by atoms with van der Waals surface area (Å²) in [7, 11) is 1.62. The van der Waals surface area contributed by atoms with Gasteiger partial charge in [-0.15, -0.1) is 0 Å². The molecule has 0 saturated carbocycles. The van der Waals surface area contributed by atoms with Crippen LogP contribution in [0.5, 0.6) is 5.75 Å². The van der Waals surface area contributed by atoms with Crippen LogP contribution in [0.15, 0.2) is 42.5 Å². The molecule has 1 amide bonds. The first-order valence-electron chi connectivity index (χ1n) is 5.91. The Morgan fingerprint density at radius 2 is 2.00 bits per heavy atom. The first-order valence-corrected chi connectivity index (χ1v) is 5.91. The Labute approximate surface area is 112 Å². The SMILES string of the molecule is COc1ccc(NC(=O)c2cccc(N)c2)cc1C. The summed E-state index contributed by atoms with van der Waals surface area (Å²) in [5.41, 5.74) is 8.45. The summed E-state index contributed by atoms with van der Waals surface area (Å²) < 4.78 is 5.18. The van der Waals surface area contributed by atoms with Gasteiger partial charge < -0.3 is 15.8 Å². The average molecular weight is 256 g/mol. The minimum atomic E-state index is -0.183. The molecule has 0 aliphatic heterocycles. The number of carbonyl (C=O) groups is 1. The number of rotatable bonds is 3. The van der Waals surface area contributed by atoms with Crippen molar-refractivity contribution in [2.75, 3.05) is 18.2 Å². The van der Waals surface area contributed by atoms with Crippen molar-refractivity contribution in [2.45, 2.75) is 6.92 Å². The molecule has 2 aromatic carbocycles. The van der Waals surface area contributed by atoms with Crippen LogP contribution in [0.2, 0.25) is 0 Å². The second-order valence-corrected chi connectivity index (χ2v) is 4.26. The molecule has 0 unspecified atom stereocenters. The number of anilines is 2. The van der Waals surface area contributed by atoms with E-state index in [0.717, 1.165) is 17.0 Å². The molecule has 0 heterocycles. The van der Waals surface area contributed by atoms with Crippen LogP contribution in [0.3, 0.4) is 0 Å². The quantitative estimate of drug-likeness (QED) is 0.830. The normalized spacial score (nSPS) is 10.0. The molecule has 19 heavy (non-hydrogen) atoms. The lowest BCUT2D eigenvalue weighted by Gasteiger charge is -2.09. The highest BCUT2D eigenvalue weighted by Crippen LogP contribution is 2.21. The first kappa shape index (κ1) is 13.0. The van der Waals surface area contributed by atoms with Crippen molar-refractivity contribution in [3.63, 3.8) is 0 Å². The predicted octanol–water partition coefficient (Wildman–Crippen LogP) is 2.84. The Hall–Kier alpha value is -2.49. The van der Waals surface area contributed by atoms with Crippen LogP contribution in [-0.4, -0.2) is 13.0 Å². The maximum atomic E-state index is 12.0. The second kappa shape index (κ2) is 5.44. The summed E-state index contributed by atoms with van der Waals surface area (Å²) >= 11 is 0. The van der Waals surface area contributed by atoms with Gasteiger partial charge >= 0.3 is 0 Å². The molecular formula is C15H16N2O2. The minimum Gasteiger partial charge on any atom is -0.496 e. The third-order valence-electron chi connectivity index (χ3n) is 2.80. The number of amides is 1. The van der Waals surface area contributed by atoms with Crippen molar-refractivity contribution in [1.29, 1.82) is 0 Å². The second-order valence-electron chi connectivity index (χ2n) is 4.26. The molecule has 4 nitrogen and oxygen atoms in total. The molecule has 2 aromatic rings. The number of hydrogen-bond donors (Lipinski definition) is 2. The zero-order valence-electron chi connectivity index (χ0n) is 10.9. The van der Waals surface area contributed by atoms with Crippen LogP contribution < -0.4 is 15.8 Å². The van der Waals surface area contributed by atoms with Gasteiger partial charge in [-0.25, -0.2) is 0 Å². The predicted molar refractivity (Wildman–Crippen MR) is 76.5 cm³/mol. The van der Waals surface area contributed by atoms with E-state index in [0.29, 0.717) is 11.3 Å². The molecule has 0 aliphatic carbocycles. The zero-order valence-corrected chi connectivity index (χ0v) is 10.9. The summed E-state index contributed by atoms with van der Waals surface area (Å²) in [6.45, 7) is 1.93. The monoisotopic (exact) mass is 256 g/mol. The highest BCUT2D eigenvalue weighted by molar-refractivity contribution is 6.04. The number of nitrogens with two attached hydrogens (primary N) is 1. The molecule has 0 aliphatic rings. The van der Waals surface area contributed by atoms with Crippen LogP contribution in [0, 0.1) is 6.92 Å². The Morgan fingerprint density at radius 3 is 2.63 bits per heavy atom. The third kappa shape index (κ3) is 3.04. The van der Waals surface area contributed by atoms with Gasteiger partial charge in [-0.3, -0.25) is 4.79 Å². The number of aryl methyl sites for hydroxylation is 1. The van der Waals surface area contributed by atoms with E-state index >= 15 is 0 Å². The third-order valence-corrected chi connectivity index (χ3v) is 2.80. The molecule has 0 radical (unpaired) electrons. The van der Waals surface area contributed by atoms with Gasteiger partial charge in [0, 0.05) is 16.9 Å². The molecular weight excluding hydrogens is 240 g/mol. The van der Waals surface area contributed by atoms with Crippen LogP contribution in [0.1, 0.15) is 15.9 Å². The Kier molecular flexibility index (Phi) is 3.71. The number of ether oxygens (including phenoxy) is 1. The molecule has 4 heteroatoms. The summed E-state index contributed by atoms with van der Waals surface area (Å²) in [5, 5.41) is 2.83. The van der Waals surface area contributed by atoms with Gasteiger partial charge in [0.1, 0.15) is 5.75 Å². The van der Waals surface area contributed by atoms with Crippen molar-refractivity contribution in [1.82, 2.24) is 0 Å². The fourth-order valence-electron chi connectivity index (χ4n) is 1.84. The van der Waals surface area contributed by atoms with Crippen molar-refractivity contribution >= 4 is 17.3 Å². The molecule has 0 saturated heterocycles. The molecule has 0 atom stereocenters. The lowest BCUT2D eigenvalue weighted by Crippen LogP contribution is -2.12. The fraction of sp³-hybridized carbons (Fsp3) is 0.133. The van der Waals surface area contributed by atoms with Crippen molar-refractivity contribution in [2.24, 2.45) is 0 Å². The number of nitrogens with one attached hydrogen (secondary N) is 1. The zero-order chi connectivity index (χ0) is 13.8. The van der Waals surface area contributed by atoms with E-state index in [2.05, 4.69) is 5.32 Å². The average Bonchev–Trinajstić information content (AvgIpc) is 2.39. The van der Waals surface area contributed by atoms with Crippen LogP contribution in [-0.2, 0) is 0 Å². The van der Waals surface area contributed by atoms with E-state index in [1.165, 1.54) is 0 Å². The fourth-order valence-corrected chi connectivity index (χ4v) is 1.84. The van der Waals surface area contributed by atoms with Crippen molar-refractivity contribution in [3.8, 4) is 5.75 Å². The Bertz CT molecular complexity index is 609. The van der Waals surface area contributed by atoms with Gasteiger partial charge in [0.05, 0.1) is 7.11 Å². The largest absolute Gasteiger partial charge is 0.496 e. The highest BCUT2D eigenvalue weighted by atomic mass is 16.5. The lowest BCUT2D eigenvalue weighted by molar-refractivity contribution is 0.102.